The minimum atomic E-state index is 0.544. The van der Waals surface area contributed by atoms with Crippen molar-refractivity contribution in [3.05, 3.63) is 40.0 Å². The van der Waals surface area contributed by atoms with Gasteiger partial charge in [-0.15, -0.1) is 0 Å². The molecule has 0 amide bonds. The molecule has 0 aliphatic rings. The van der Waals surface area contributed by atoms with Gasteiger partial charge in [-0.1, -0.05) is 28.4 Å². The fourth-order valence-corrected chi connectivity index (χ4v) is 2.10. The van der Waals surface area contributed by atoms with Crippen LogP contribution in [0.3, 0.4) is 0 Å². The molecule has 1 heterocycles. The van der Waals surface area contributed by atoms with Gasteiger partial charge in [-0.2, -0.15) is 0 Å². The maximum atomic E-state index is 6.11. The van der Waals surface area contributed by atoms with Gasteiger partial charge in [0.1, 0.15) is 0 Å². The van der Waals surface area contributed by atoms with Crippen molar-refractivity contribution >= 4 is 23.2 Å². The number of nitrogens with zero attached hydrogens (tertiary/aromatic N) is 1. The lowest BCUT2D eigenvalue weighted by molar-refractivity contribution is 0.199. The first kappa shape index (κ1) is 14.3. The number of ether oxygens (including phenoxy) is 1. The van der Waals surface area contributed by atoms with E-state index in [1.54, 1.807) is 19.2 Å². The molecule has 19 heavy (non-hydrogen) atoms. The Labute approximate surface area is 121 Å². The molecule has 0 radical (unpaired) electrons. The van der Waals surface area contributed by atoms with E-state index in [4.69, 9.17) is 32.5 Å². The molecule has 0 aliphatic heterocycles. The van der Waals surface area contributed by atoms with Crippen molar-refractivity contribution in [2.75, 3.05) is 20.3 Å². The van der Waals surface area contributed by atoms with Gasteiger partial charge in [0.05, 0.1) is 17.3 Å². The monoisotopic (exact) mass is 300 g/mol. The molecule has 0 saturated heterocycles. The molecular formula is C13H14Cl2N2O2. The summed E-state index contributed by atoms with van der Waals surface area (Å²) in [5.74, 6) is 0.630. The van der Waals surface area contributed by atoms with Gasteiger partial charge >= 0.3 is 0 Å². The third-order valence-corrected chi connectivity index (χ3v) is 3.09. The lowest BCUT2D eigenvalue weighted by Gasteiger charge is -2.00. The number of aromatic nitrogens is 1. The van der Waals surface area contributed by atoms with Crippen LogP contribution in [-0.2, 0) is 11.3 Å². The lowest BCUT2D eigenvalue weighted by atomic mass is 10.1. The molecule has 1 aromatic carbocycles. The molecule has 0 aliphatic carbocycles. The van der Waals surface area contributed by atoms with Crippen LogP contribution in [0.5, 0.6) is 0 Å². The van der Waals surface area contributed by atoms with Crippen molar-refractivity contribution < 1.29 is 9.26 Å². The average molecular weight is 301 g/mol. The molecule has 2 aromatic rings. The van der Waals surface area contributed by atoms with E-state index in [1.165, 1.54) is 0 Å². The quantitative estimate of drug-likeness (QED) is 0.831. The number of methoxy groups -OCH3 is 1. The summed E-state index contributed by atoms with van der Waals surface area (Å²) >= 11 is 12.0. The highest BCUT2D eigenvalue weighted by Gasteiger charge is 2.10. The molecule has 0 spiro atoms. The predicted octanol–water partition coefficient (Wildman–Crippen LogP) is 3.38. The van der Waals surface area contributed by atoms with Gasteiger partial charge in [0.2, 0.25) is 0 Å². The van der Waals surface area contributed by atoms with E-state index in [0.29, 0.717) is 29.0 Å². The summed E-state index contributed by atoms with van der Waals surface area (Å²) in [5, 5.41) is 8.31. The van der Waals surface area contributed by atoms with Crippen LogP contribution in [0.25, 0.3) is 11.3 Å². The van der Waals surface area contributed by atoms with Crippen molar-refractivity contribution in [2.24, 2.45) is 0 Å². The highest BCUT2D eigenvalue weighted by Crippen LogP contribution is 2.30. The third kappa shape index (κ3) is 3.94. The Morgan fingerprint density at radius 3 is 2.89 bits per heavy atom. The van der Waals surface area contributed by atoms with Crippen molar-refractivity contribution in [3.8, 4) is 11.3 Å². The molecule has 4 nitrogen and oxygen atoms in total. The second kappa shape index (κ2) is 6.91. The van der Waals surface area contributed by atoms with Gasteiger partial charge in [-0.25, -0.2) is 0 Å². The average Bonchev–Trinajstić information content (AvgIpc) is 2.83. The Bertz CT molecular complexity index is 543. The molecule has 0 fully saturated rings. The Morgan fingerprint density at radius 2 is 2.16 bits per heavy atom. The summed E-state index contributed by atoms with van der Waals surface area (Å²) in [6.07, 6.45) is 0. The summed E-state index contributed by atoms with van der Waals surface area (Å²) in [6, 6.07) is 7.11. The Balaban J connectivity index is 2.04. The van der Waals surface area contributed by atoms with Gasteiger partial charge < -0.3 is 14.6 Å². The summed E-state index contributed by atoms with van der Waals surface area (Å²) in [4.78, 5) is 0. The van der Waals surface area contributed by atoms with Crippen LogP contribution in [0.4, 0.5) is 0 Å². The van der Waals surface area contributed by atoms with Crippen LogP contribution >= 0.6 is 23.2 Å². The fourth-order valence-electron chi connectivity index (χ4n) is 1.60. The Morgan fingerprint density at radius 1 is 1.32 bits per heavy atom. The first-order valence-electron chi connectivity index (χ1n) is 5.81. The molecule has 0 unspecified atom stereocenters. The number of nitrogens with one attached hydrogen (secondary N) is 1. The second-order valence-corrected chi connectivity index (χ2v) is 4.82. The normalized spacial score (nSPS) is 10.9. The topological polar surface area (TPSA) is 47.3 Å². The van der Waals surface area contributed by atoms with Crippen LogP contribution in [0, 0.1) is 0 Å². The standard InChI is InChI=1S/C13H14Cl2N2O2/c1-18-5-4-16-8-10-7-13(19-17-10)11-3-2-9(14)6-12(11)15/h2-3,6-7,16H,4-5,8H2,1H3. The Hall–Kier alpha value is -1.07. The maximum Gasteiger partial charge on any atom is 0.168 e. The third-order valence-electron chi connectivity index (χ3n) is 2.54. The number of hydrogen-bond acceptors (Lipinski definition) is 4. The smallest absolute Gasteiger partial charge is 0.168 e. The zero-order valence-electron chi connectivity index (χ0n) is 10.5. The van der Waals surface area contributed by atoms with Crippen LogP contribution in [-0.4, -0.2) is 25.4 Å². The van der Waals surface area contributed by atoms with Gasteiger partial charge in [0.15, 0.2) is 5.76 Å². The highest BCUT2D eigenvalue weighted by molar-refractivity contribution is 6.36. The van der Waals surface area contributed by atoms with Crippen LogP contribution in [0.15, 0.2) is 28.8 Å². The summed E-state index contributed by atoms with van der Waals surface area (Å²) in [6.45, 7) is 2.05. The Kier molecular flexibility index (Phi) is 5.22. The largest absolute Gasteiger partial charge is 0.383 e. The minimum absolute atomic E-state index is 0.544. The van der Waals surface area contributed by atoms with Gasteiger partial charge in [0.25, 0.3) is 0 Å². The highest BCUT2D eigenvalue weighted by atomic mass is 35.5. The van der Waals surface area contributed by atoms with Crippen LogP contribution in [0.2, 0.25) is 10.0 Å². The number of rotatable bonds is 6. The molecule has 1 N–H and O–H groups in total. The minimum Gasteiger partial charge on any atom is -0.383 e. The van der Waals surface area contributed by atoms with E-state index in [2.05, 4.69) is 10.5 Å². The predicted molar refractivity (Wildman–Crippen MR) is 75.5 cm³/mol. The summed E-state index contributed by atoms with van der Waals surface area (Å²) < 4.78 is 10.2. The SMILES string of the molecule is COCCNCc1cc(-c2ccc(Cl)cc2Cl)on1. The number of hydrogen-bond donors (Lipinski definition) is 1. The molecule has 102 valence electrons. The van der Waals surface area contributed by atoms with E-state index in [0.717, 1.165) is 17.8 Å². The zero-order valence-corrected chi connectivity index (χ0v) is 12.0. The van der Waals surface area contributed by atoms with E-state index in [1.807, 2.05) is 12.1 Å². The molecule has 0 atom stereocenters. The summed E-state index contributed by atoms with van der Waals surface area (Å²) in [5.41, 5.74) is 1.60. The van der Waals surface area contributed by atoms with Crippen LogP contribution in [0.1, 0.15) is 5.69 Å². The summed E-state index contributed by atoms with van der Waals surface area (Å²) in [7, 11) is 1.67. The molecule has 2 rings (SSSR count). The van der Waals surface area contributed by atoms with Crippen molar-refractivity contribution in [1.29, 1.82) is 0 Å². The second-order valence-electron chi connectivity index (χ2n) is 3.98. The molecule has 1 aromatic heterocycles. The molecule has 0 bridgehead atoms. The van der Waals surface area contributed by atoms with Crippen molar-refractivity contribution in [3.63, 3.8) is 0 Å². The van der Waals surface area contributed by atoms with Gasteiger partial charge in [-0.3, -0.25) is 0 Å². The lowest BCUT2D eigenvalue weighted by Crippen LogP contribution is -2.18. The van der Waals surface area contributed by atoms with E-state index < -0.39 is 0 Å². The molecule has 6 heteroatoms. The zero-order chi connectivity index (χ0) is 13.7. The molecular weight excluding hydrogens is 287 g/mol. The van der Waals surface area contributed by atoms with Crippen molar-refractivity contribution in [1.82, 2.24) is 10.5 Å². The van der Waals surface area contributed by atoms with Gasteiger partial charge in [-0.05, 0) is 18.2 Å². The van der Waals surface area contributed by atoms with Crippen LogP contribution < -0.4 is 5.32 Å². The van der Waals surface area contributed by atoms with E-state index in [9.17, 15) is 0 Å². The van der Waals surface area contributed by atoms with E-state index in [-0.39, 0.29) is 0 Å². The van der Waals surface area contributed by atoms with Gasteiger partial charge in [0, 0.05) is 36.9 Å². The molecule has 0 saturated carbocycles. The first-order chi connectivity index (χ1) is 9.20. The maximum absolute atomic E-state index is 6.11. The van der Waals surface area contributed by atoms with E-state index >= 15 is 0 Å². The fraction of sp³-hybridized carbons (Fsp3) is 0.308. The van der Waals surface area contributed by atoms with Crippen molar-refractivity contribution in [2.45, 2.75) is 6.54 Å². The first-order valence-corrected chi connectivity index (χ1v) is 6.57. The number of halogens is 2. The number of benzene rings is 1.